The number of aliphatic hydroxyl groups excluding tert-OH is 1. The smallest absolute Gasteiger partial charge is 0.309 e. The van der Waals surface area contributed by atoms with E-state index >= 15 is 0 Å². The van der Waals surface area contributed by atoms with Gasteiger partial charge in [-0.15, -0.1) is 0 Å². The molecule has 2 N–H and O–H groups in total. The van der Waals surface area contributed by atoms with Crippen molar-refractivity contribution in [2.75, 3.05) is 6.61 Å². The first-order valence-electron chi connectivity index (χ1n) is 9.27. The van der Waals surface area contributed by atoms with Crippen LogP contribution in [0.5, 0.6) is 0 Å². The molecule has 0 aliphatic heterocycles. The molecule has 0 aromatic rings. The van der Waals surface area contributed by atoms with Gasteiger partial charge in [-0.3, -0.25) is 4.79 Å². The fourth-order valence-electron chi connectivity index (χ4n) is 5.55. The molecular weight excluding hydrogens is 288 g/mol. The second kappa shape index (κ2) is 6.96. The van der Waals surface area contributed by atoms with E-state index in [0.29, 0.717) is 11.8 Å². The molecule has 3 nitrogen and oxygen atoms in total. The van der Waals surface area contributed by atoms with E-state index in [0.717, 1.165) is 51.4 Å². The molecule has 2 aliphatic rings. The van der Waals surface area contributed by atoms with Crippen molar-refractivity contribution in [3.05, 3.63) is 12.2 Å². The monoisotopic (exact) mass is 322 g/mol. The lowest BCUT2D eigenvalue weighted by Gasteiger charge is -2.57. The van der Waals surface area contributed by atoms with E-state index in [2.05, 4.69) is 20.4 Å². The molecule has 3 heteroatoms. The summed E-state index contributed by atoms with van der Waals surface area (Å²) in [6.07, 6.45) is 7.92. The number of fused-ring (bicyclic) bond motifs is 1. The lowest BCUT2D eigenvalue weighted by molar-refractivity contribution is -0.164. The van der Waals surface area contributed by atoms with Crippen LogP contribution in [0, 0.1) is 28.6 Å². The summed E-state index contributed by atoms with van der Waals surface area (Å²) in [5.41, 5.74) is 0.817. The van der Waals surface area contributed by atoms with Crippen molar-refractivity contribution < 1.29 is 15.0 Å². The highest BCUT2D eigenvalue weighted by Gasteiger charge is 2.57. The van der Waals surface area contributed by atoms with Crippen molar-refractivity contribution in [2.45, 2.75) is 72.1 Å². The summed E-state index contributed by atoms with van der Waals surface area (Å²) in [5, 5.41) is 19.0. The highest BCUT2D eigenvalue weighted by Crippen LogP contribution is 2.62. The maximum Gasteiger partial charge on any atom is 0.309 e. The summed E-state index contributed by atoms with van der Waals surface area (Å²) in [6, 6.07) is 0. The number of hydrogen-bond donors (Lipinski definition) is 2. The van der Waals surface area contributed by atoms with Gasteiger partial charge < -0.3 is 10.2 Å². The van der Waals surface area contributed by atoms with Crippen LogP contribution in [-0.2, 0) is 4.79 Å². The van der Waals surface area contributed by atoms with Gasteiger partial charge in [-0.2, -0.15) is 0 Å². The second-order valence-electron chi connectivity index (χ2n) is 8.58. The van der Waals surface area contributed by atoms with Gasteiger partial charge in [0.05, 0.1) is 5.41 Å². The average molecular weight is 322 g/mol. The Hall–Kier alpha value is -0.830. The van der Waals surface area contributed by atoms with Gasteiger partial charge in [0.25, 0.3) is 0 Å². The van der Waals surface area contributed by atoms with E-state index in [9.17, 15) is 9.90 Å². The van der Waals surface area contributed by atoms with Gasteiger partial charge in [0.2, 0.25) is 0 Å². The molecule has 0 radical (unpaired) electrons. The SMILES string of the molecule is C=C1CC[C@H]2[C@@](C)(CCC[C@@]2(C)C(=O)O)[C@@H]1CC[C@@H](C)CCO. The molecule has 0 amide bonds. The summed E-state index contributed by atoms with van der Waals surface area (Å²) < 4.78 is 0. The van der Waals surface area contributed by atoms with Crippen LogP contribution in [0.1, 0.15) is 72.1 Å². The Morgan fingerprint density at radius 3 is 2.65 bits per heavy atom. The molecule has 2 rings (SSSR count). The van der Waals surface area contributed by atoms with E-state index in [1.54, 1.807) is 0 Å². The van der Waals surface area contributed by atoms with Gasteiger partial charge in [-0.05, 0) is 68.6 Å². The normalized spacial score (nSPS) is 38.9. The highest BCUT2D eigenvalue weighted by molar-refractivity contribution is 5.75. The summed E-state index contributed by atoms with van der Waals surface area (Å²) in [7, 11) is 0. The van der Waals surface area contributed by atoms with Crippen LogP contribution in [0.3, 0.4) is 0 Å². The maximum atomic E-state index is 12.0. The zero-order chi connectivity index (χ0) is 17.3. The summed E-state index contributed by atoms with van der Waals surface area (Å²) in [4.78, 5) is 12.0. The van der Waals surface area contributed by atoms with Crippen LogP contribution >= 0.6 is 0 Å². The van der Waals surface area contributed by atoms with Crippen LogP contribution in [-0.4, -0.2) is 22.8 Å². The van der Waals surface area contributed by atoms with Gasteiger partial charge in [-0.25, -0.2) is 0 Å². The molecule has 23 heavy (non-hydrogen) atoms. The van der Waals surface area contributed by atoms with E-state index in [1.807, 2.05) is 6.92 Å². The van der Waals surface area contributed by atoms with Crippen molar-refractivity contribution in [2.24, 2.45) is 28.6 Å². The third kappa shape index (κ3) is 3.35. The lowest BCUT2D eigenvalue weighted by atomic mass is 9.46. The zero-order valence-electron chi connectivity index (χ0n) is 15.1. The molecule has 0 heterocycles. The Morgan fingerprint density at radius 2 is 2.04 bits per heavy atom. The number of aliphatic hydroxyl groups is 1. The van der Waals surface area contributed by atoms with E-state index in [-0.39, 0.29) is 17.9 Å². The molecular formula is C20H34O3. The number of allylic oxidation sites excluding steroid dienone is 1. The minimum absolute atomic E-state index is 0.0691. The van der Waals surface area contributed by atoms with Crippen LogP contribution in [0.15, 0.2) is 12.2 Å². The second-order valence-corrected chi connectivity index (χ2v) is 8.58. The number of rotatable bonds is 6. The predicted octanol–water partition coefficient (Wildman–Crippen LogP) is 4.65. The Bertz CT molecular complexity index is 458. The number of aliphatic carboxylic acids is 1. The van der Waals surface area contributed by atoms with E-state index < -0.39 is 11.4 Å². The minimum Gasteiger partial charge on any atom is -0.481 e. The van der Waals surface area contributed by atoms with Gasteiger partial charge in [0.1, 0.15) is 0 Å². The van der Waals surface area contributed by atoms with Crippen molar-refractivity contribution in [1.29, 1.82) is 0 Å². The predicted molar refractivity (Wildman–Crippen MR) is 93.2 cm³/mol. The van der Waals surface area contributed by atoms with Crippen molar-refractivity contribution in [3.8, 4) is 0 Å². The molecule has 2 saturated carbocycles. The zero-order valence-corrected chi connectivity index (χ0v) is 15.1. The Balaban J connectivity index is 2.21. The third-order valence-corrected chi connectivity index (χ3v) is 7.08. The number of carboxylic acid groups (broad SMARTS) is 1. The molecule has 0 bridgehead atoms. The molecule has 2 fully saturated rings. The quantitative estimate of drug-likeness (QED) is 0.700. The Labute approximate surface area is 141 Å². The molecule has 2 aliphatic carbocycles. The van der Waals surface area contributed by atoms with Crippen molar-refractivity contribution in [3.63, 3.8) is 0 Å². The largest absolute Gasteiger partial charge is 0.481 e. The number of carboxylic acids is 1. The Kier molecular flexibility index (Phi) is 5.60. The van der Waals surface area contributed by atoms with Crippen molar-refractivity contribution in [1.82, 2.24) is 0 Å². The Morgan fingerprint density at radius 1 is 1.35 bits per heavy atom. The first-order chi connectivity index (χ1) is 10.8. The summed E-state index contributed by atoms with van der Waals surface area (Å²) in [5.74, 6) is 0.589. The first kappa shape index (κ1) is 18.5. The molecule has 5 atom stereocenters. The average Bonchev–Trinajstić information content (AvgIpc) is 2.46. The van der Waals surface area contributed by atoms with Crippen LogP contribution in [0.2, 0.25) is 0 Å². The molecule has 0 saturated heterocycles. The minimum atomic E-state index is -0.617. The van der Waals surface area contributed by atoms with E-state index in [1.165, 1.54) is 5.57 Å². The fraction of sp³-hybridized carbons (Fsp3) is 0.850. The molecule has 0 aromatic carbocycles. The standard InChI is InChI=1S/C20H34O3/c1-14(10-13-21)6-8-16-15(2)7-9-17-19(16,3)11-5-12-20(17,4)18(22)23/h14,16-17,21H,2,5-13H2,1,3-4H3,(H,22,23)/t14-,16-,17+,19+,20-/m1/s1. The highest BCUT2D eigenvalue weighted by atomic mass is 16.4. The van der Waals surface area contributed by atoms with Gasteiger partial charge >= 0.3 is 5.97 Å². The molecule has 0 spiro atoms. The lowest BCUT2D eigenvalue weighted by Crippen LogP contribution is -2.53. The van der Waals surface area contributed by atoms with Gasteiger partial charge in [0, 0.05) is 6.61 Å². The van der Waals surface area contributed by atoms with Crippen LogP contribution in [0.4, 0.5) is 0 Å². The summed E-state index contributed by atoms with van der Waals surface area (Å²) >= 11 is 0. The molecule has 0 aromatic heterocycles. The fourth-order valence-corrected chi connectivity index (χ4v) is 5.55. The molecule has 0 unspecified atom stereocenters. The first-order valence-corrected chi connectivity index (χ1v) is 9.27. The van der Waals surface area contributed by atoms with Gasteiger partial charge in [0.15, 0.2) is 0 Å². The van der Waals surface area contributed by atoms with E-state index in [4.69, 9.17) is 5.11 Å². The maximum absolute atomic E-state index is 12.0. The van der Waals surface area contributed by atoms with Crippen LogP contribution < -0.4 is 0 Å². The molecule has 132 valence electrons. The summed E-state index contributed by atoms with van der Waals surface area (Å²) in [6.45, 7) is 11.1. The number of hydrogen-bond acceptors (Lipinski definition) is 2. The number of carbonyl (C=O) groups is 1. The van der Waals surface area contributed by atoms with Crippen LogP contribution in [0.25, 0.3) is 0 Å². The topological polar surface area (TPSA) is 57.5 Å². The third-order valence-electron chi connectivity index (χ3n) is 7.08. The van der Waals surface area contributed by atoms with Crippen molar-refractivity contribution >= 4 is 5.97 Å². The van der Waals surface area contributed by atoms with Gasteiger partial charge in [-0.1, -0.05) is 38.8 Å².